The summed E-state index contributed by atoms with van der Waals surface area (Å²) >= 11 is 0. The van der Waals surface area contributed by atoms with Gasteiger partial charge in [0.2, 0.25) is 11.8 Å². The molecule has 2 atom stereocenters. The Morgan fingerprint density at radius 1 is 0.727 bits per heavy atom. The summed E-state index contributed by atoms with van der Waals surface area (Å²) in [5.74, 6) is -4.15. The number of ether oxygens (including phenoxy) is 1. The van der Waals surface area contributed by atoms with Crippen LogP contribution in [0.25, 0.3) is 0 Å². The van der Waals surface area contributed by atoms with E-state index < -0.39 is 42.1 Å². The summed E-state index contributed by atoms with van der Waals surface area (Å²) in [6, 6.07) is 25.7. The third-order valence-electron chi connectivity index (χ3n) is 8.60. The standard InChI is InChI=1S/C34H23F3N2O5/c35-34(36,37)19-8-6-9-20(16-19)38-26(40)17-44-33(43)18-7-5-10-21(15-18)39-31(41)29-27-22-11-1-2-12-23(22)28(30(29)32(39)42)25-14-4-3-13-24(25)27/h1-16,27-30H,17H2,(H,38,40)/t27?,28?,29-,30-/m1/s1. The summed E-state index contributed by atoms with van der Waals surface area (Å²) in [6.07, 6.45) is -4.58. The third kappa shape index (κ3) is 4.36. The van der Waals surface area contributed by atoms with Crippen LogP contribution < -0.4 is 10.2 Å². The van der Waals surface area contributed by atoms with Crippen molar-refractivity contribution < 1.29 is 37.1 Å². The molecule has 4 aromatic rings. The summed E-state index contributed by atoms with van der Waals surface area (Å²) < 4.78 is 44.0. The van der Waals surface area contributed by atoms with Crippen molar-refractivity contribution in [3.8, 4) is 0 Å². The van der Waals surface area contributed by atoms with E-state index in [1.807, 2.05) is 48.5 Å². The third-order valence-corrected chi connectivity index (χ3v) is 8.60. The van der Waals surface area contributed by atoms with Gasteiger partial charge in [-0.25, -0.2) is 9.69 Å². The number of alkyl halides is 3. The van der Waals surface area contributed by atoms with Crippen LogP contribution in [0, 0.1) is 11.8 Å². The molecule has 0 unspecified atom stereocenters. The molecule has 10 heteroatoms. The lowest BCUT2D eigenvalue weighted by atomic mass is 9.55. The van der Waals surface area contributed by atoms with E-state index in [0.717, 1.165) is 45.4 Å². The minimum atomic E-state index is -4.58. The lowest BCUT2D eigenvalue weighted by Crippen LogP contribution is -2.41. The highest BCUT2D eigenvalue weighted by Crippen LogP contribution is 2.61. The maximum absolute atomic E-state index is 14.0. The predicted molar refractivity (Wildman–Crippen MR) is 153 cm³/mol. The van der Waals surface area contributed by atoms with Gasteiger partial charge >= 0.3 is 12.1 Å². The van der Waals surface area contributed by atoms with E-state index in [1.165, 1.54) is 24.3 Å². The number of nitrogens with one attached hydrogen (secondary N) is 1. The number of imide groups is 1. The Kier molecular flexibility index (Phi) is 6.38. The minimum Gasteiger partial charge on any atom is -0.452 e. The molecule has 1 fully saturated rings. The summed E-state index contributed by atoms with van der Waals surface area (Å²) in [6.45, 7) is -0.759. The molecule has 1 aliphatic heterocycles. The molecular weight excluding hydrogens is 573 g/mol. The second-order valence-electron chi connectivity index (χ2n) is 11.0. The Balaban J connectivity index is 1.10. The van der Waals surface area contributed by atoms with Crippen LogP contribution in [-0.4, -0.2) is 30.3 Å². The van der Waals surface area contributed by atoms with Gasteiger partial charge in [0.15, 0.2) is 6.61 Å². The van der Waals surface area contributed by atoms with Gasteiger partial charge in [-0.15, -0.1) is 0 Å². The zero-order valence-electron chi connectivity index (χ0n) is 22.9. The van der Waals surface area contributed by atoms with Crippen molar-refractivity contribution in [2.24, 2.45) is 11.8 Å². The van der Waals surface area contributed by atoms with Crippen LogP contribution in [0.3, 0.4) is 0 Å². The summed E-state index contributed by atoms with van der Waals surface area (Å²) in [4.78, 5) is 54.2. The zero-order valence-corrected chi connectivity index (χ0v) is 22.9. The van der Waals surface area contributed by atoms with Gasteiger partial charge in [0.25, 0.3) is 5.91 Å². The summed E-state index contributed by atoms with van der Waals surface area (Å²) in [5.41, 5.74) is 3.35. The van der Waals surface area contributed by atoms with Gasteiger partial charge in [-0.1, -0.05) is 60.7 Å². The molecule has 2 bridgehead atoms. The van der Waals surface area contributed by atoms with E-state index >= 15 is 0 Å². The smallest absolute Gasteiger partial charge is 0.416 e. The monoisotopic (exact) mass is 596 g/mol. The van der Waals surface area contributed by atoms with Crippen LogP contribution in [0.15, 0.2) is 97.1 Å². The average Bonchev–Trinajstić information content (AvgIpc) is 3.29. The lowest BCUT2D eigenvalue weighted by Gasteiger charge is -2.45. The van der Waals surface area contributed by atoms with Crippen molar-refractivity contribution in [2.45, 2.75) is 18.0 Å². The van der Waals surface area contributed by atoms with Crippen LogP contribution in [0.5, 0.6) is 0 Å². The van der Waals surface area contributed by atoms with E-state index in [4.69, 9.17) is 4.74 Å². The maximum Gasteiger partial charge on any atom is 0.416 e. The quantitative estimate of drug-likeness (QED) is 0.229. The Morgan fingerprint density at radius 3 is 1.82 bits per heavy atom. The van der Waals surface area contributed by atoms with Gasteiger partial charge in [0.05, 0.1) is 28.7 Å². The van der Waals surface area contributed by atoms with Crippen LogP contribution in [-0.2, 0) is 25.3 Å². The molecule has 3 aliphatic carbocycles. The molecule has 0 spiro atoms. The molecule has 0 saturated carbocycles. The van der Waals surface area contributed by atoms with Gasteiger partial charge in [0.1, 0.15) is 0 Å². The number of nitrogens with zero attached hydrogens (tertiary/aromatic N) is 1. The normalized spacial score (nSPS) is 21.4. The molecule has 0 radical (unpaired) electrons. The van der Waals surface area contributed by atoms with Gasteiger partial charge in [-0.3, -0.25) is 14.4 Å². The highest BCUT2D eigenvalue weighted by molar-refractivity contribution is 6.23. The van der Waals surface area contributed by atoms with Crippen LogP contribution >= 0.6 is 0 Å². The molecular formula is C34H23F3N2O5. The van der Waals surface area contributed by atoms with Crippen LogP contribution in [0.2, 0.25) is 0 Å². The molecule has 0 aromatic heterocycles. The lowest BCUT2D eigenvalue weighted by molar-refractivity contribution is -0.137. The number of amides is 3. The number of carbonyl (C=O) groups is 4. The van der Waals surface area contributed by atoms with Crippen molar-refractivity contribution >= 4 is 35.1 Å². The molecule has 3 amide bonds. The predicted octanol–water partition coefficient (Wildman–Crippen LogP) is 5.90. The van der Waals surface area contributed by atoms with E-state index in [0.29, 0.717) is 0 Å². The Hall–Kier alpha value is -5.25. The fraction of sp³-hybridized carbons (Fsp3) is 0.176. The van der Waals surface area contributed by atoms with Crippen molar-refractivity contribution in [1.82, 2.24) is 0 Å². The highest BCUT2D eigenvalue weighted by Gasteiger charge is 2.61. The first-order valence-electron chi connectivity index (χ1n) is 13.9. The summed E-state index contributed by atoms with van der Waals surface area (Å²) in [7, 11) is 0. The van der Waals surface area contributed by atoms with Crippen molar-refractivity contribution in [3.05, 3.63) is 130 Å². The topological polar surface area (TPSA) is 92.8 Å². The first-order valence-corrected chi connectivity index (χ1v) is 13.9. The molecule has 4 aliphatic rings. The number of rotatable bonds is 5. The Labute approximate surface area is 249 Å². The van der Waals surface area contributed by atoms with E-state index in [9.17, 15) is 32.3 Å². The summed E-state index contributed by atoms with van der Waals surface area (Å²) in [5, 5.41) is 2.27. The number of benzene rings is 4. The number of anilines is 2. The van der Waals surface area contributed by atoms with Gasteiger partial charge in [-0.2, -0.15) is 13.2 Å². The number of hydrogen-bond donors (Lipinski definition) is 1. The highest BCUT2D eigenvalue weighted by atomic mass is 19.4. The van der Waals surface area contributed by atoms with E-state index in [1.54, 1.807) is 6.07 Å². The maximum atomic E-state index is 14.0. The number of carbonyl (C=O) groups excluding carboxylic acids is 4. The first kappa shape index (κ1) is 27.6. The number of halogens is 3. The van der Waals surface area contributed by atoms with Gasteiger partial charge in [-0.05, 0) is 58.7 Å². The fourth-order valence-corrected chi connectivity index (χ4v) is 6.89. The molecule has 220 valence electrons. The SMILES string of the molecule is O=C(COC(=O)c1cccc(N2C(=O)[C@@H]3C4c5ccccc5C(c5ccccc54)[C@H]3C2=O)c1)Nc1cccc(C(F)(F)F)c1. The molecule has 4 aromatic carbocycles. The Bertz CT molecular complexity index is 1750. The van der Waals surface area contributed by atoms with E-state index in [-0.39, 0.29) is 40.6 Å². The minimum absolute atomic E-state index is 0.000570. The van der Waals surface area contributed by atoms with Gasteiger partial charge in [0, 0.05) is 17.5 Å². The van der Waals surface area contributed by atoms with E-state index in [2.05, 4.69) is 5.32 Å². The van der Waals surface area contributed by atoms with Crippen LogP contribution in [0.1, 0.15) is 50.0 Å². The number of hydrogen-bond acceptors (Lipinski definition) is 5. The molecule has 1 heterocycles. The fourth-order valence-electron chi connectivity index (χ4n) is 6.89. The average molecular weight is 597 g/mol. The van der Waals surface area contributed by atoms with Crippen LogP contribution in [0.4, 0.5) is 24.5 Å². The largest absolute Gasteiger partial charge is 0.452 e. The molecule has 1 saturated heterocycles. The Morgan fingerprint density at radius 2 is 1.27 bits per heavy atom. The van der Waals surface area contributed by atoms with Crippen molar-refractivity contribution in [1.29, 1.82) is 0 Å². The first-order chi connectivity index (χ1) is 21.1. The molecule has 1 N–H and O–H groups in total. The van der Waals surface area contributed by atoms with Gasteiger partial charge < -0.3 is 10.1 Å². The molecule has 44 heavy (non-hydrogen) atoms. The second kappa shape index (κ2) is 10.2. The zero-order chi connectivity index (χ0) is 30.7. The van der Waals surface area contributed by atoms with Crippen molar-refractivity contribution in [3.63, 3.8) is 0 Å². The second-order valence-corrected chi connectivity index (χ2v) is 11.0. The molecule has 7 nitrogen and oxygen atoms in total. The van der Waals surface area contributed by atoms with Crippen molar-refractivity contribution in [2.75, 3.05) is 16.8 Å². The molecule has 8 rings (SSSR count). The number of esters is 1.